The normalized spacial score (nSPS) is 11.6. The van der Waals surface area contributed by atoms with Crippen LogP contribution in [0.15, 0.2) is 29.1 Å². The smallest absolute Gasteiger partial charge is 0.283 e. The van der Waals surface area contributed by atoms with E-state index in [-0.39, 0.29) is 12.2 Å². The van der Waals surface area contributed by atoms with Gasteiger partial charge in [0.05, 0.1) is 5.39 Å². The molecule has 0 aliphatic carbocycles. The van der Waals surface area contributed by atoms with E-state index in [1.54, 1.807) is 11.3 Å². The second-order valence-electron chi connectivity index (χ2n) is 6.01. The van der Waals surface area contributed by atoms with Gasteiger partial charge in [0.25, 0.3) is 5.56 Å². The van der Waals surface area contributed by atoms with Crippen molar-refractivity contribution >= 4 is 43.8 Å². The highest BCUT2D eigenvalue weighted by Crippen LogP contribution is 2.29. The van der Waals surface area contributed by atoms with E-state index in [4.69, 9.17) is 10.1 Å². The lowest BCUT2D eigenvalue weighted by atomic mass is 10.1. The van der Waals surface area contributed by atoms with Crippen molar-refractivity contribution in [1.29, 1.82) is 0 Å². The first-order valence-corrected chi connectivity index (χ1v) is 8.99. The van der Waals surface area contributed by atoms with Gasteiger partial charge in [-0.25, -0.2) is 4.98 Å². The van der Waals surface area contributed by atoms with E-state index in [2.05, 4.69) is 10.4 Å². The summed E-state index contributed by atoms with van der Waals surface area (Å²) < 4.78 is 1.39. The number of aromatic nitrogens is 3. The summed E-state index contributed by atoms with van der Waals surface area (Å²) in [6, 6.07) is 7.79. The van der Waals surface area contributed by atoms with Gasteiger partial charge < -0.3 is 10.4 Å². The number of nitrogens with one attached hydrogen (secondary N) is 1. The number of nitrogens with zero attached hydrogens (tertiary/aromatic N) is 3. The highest BCUT2D eigenvalue weighted by atomic mass is 32.1. The Hall–Kier alpha value is -2.51. The highest BCUT2D eigenvalue weighted by molar-refractivity contribution is 7.18. The topological polar surface area (TPSA) is 79.5 Å². The number of aliphatic hydroxyl groups is 1. The van der Waals surface area contributed by atoms with Gasteiger partial charge in [0.2, 0.25) is 0 Å². The van der Waals surface area contributed by atoms with Gasteiger partial charge in [-0.1, -0.05) is 24.3 Å². The van der Waals surface area contributed by atoms with Crippen molar-refractivity contribution in [2.75, 3.05) is 18.5 Å². The fourth-order valence-electron chi connectivity index (χ4n) is 3.01. The number of hydrogen-bond acceptors (Lipinski definition) is 6. The molecule has 0 aliphatic heterocycles. The zero-order valence-electron chi connectivity index (χ0n) is 14.0. The van der Waals surface area contributed by atoms with Crippen LogP contribution in [0.5, 0.6) is 0 Å². The third-order valence-electron chi connectivity index (χ3n) is 4.43. The number of thiophene rings is 1. The third kappa shape index (κ3) is 2.47. The third-order valence-corrected chi connectivity index (χ3v) is 5.53. The van der Waals surface area contributed by atoms with E-state index < -0.39 is 0 Å². The number of anilines is 1. The molecule has 3 heterocycles. The summed E-state index contributed by atoms with van der Waals surface area (Å²) in [5.41, 5.74) is 1.40. The second kappa shape index (κ2) is 6.09. The maximum atomic E-state index is 13.0. The Morgan fingerprint density at radius 3 is 2.76 bits per heavy atom. The SMILES string of the molecule is Cc1sc2nc3c4ccccc4c(NCCCO)nn3c(=O)c2c1C. The maximum absolute atomic E-state index is 13.0. The molecule has 0 saturated heterocycles. The van der Waals surface area contributed by atoms with Crippen LogP contribution in [-0.4, -0.2) is 32.9 Å². The number of rotatable bonds is 4. The first-order chi connectivity index (χ1) is 12.1. The molecule has 0 spiro atoms. The molecule has 2 N–H and O–H groups in total. The number of hydrogen-bond donors (Lipinski definition) is 2. The van der Waals surface area contributed by atoms with Crippen LogP contribution in [0.2, 0.25) is 0 Å². The summed E-state index contributed by atoms with van der Waals surface area (Å²) in [6.45, 7) is 4.64. The molecule has 0 radical (unpaired) electrons. The van der Waals surface area contributed by atoms with Crippen LogP contribution < -0.4 is 10.9 Å². The molecule has 25 heavy (non-hydrogen) atoms. The van der Waals surface area contributed by atoms with Crippen LogP contribution in [0, 0.1) is 13.8 Å². The Kier molecular flexibility index (Phi) is 3.89. The van der Waals surface area contributed by atoms with Gasteiger partial charge in [-0.15, -0.1) is 16.4 Å². The summed E-state index contributed by atoms with van der Waals surface area (Å²) >= 11 is 1.54. The summed E-state index contributed by atoms with van der Waals surface area (Å²) in [6.07, 6.45) is 0.614. The molecule has 0 unspecified atom stereocenters. The largest absolute Gasteiger partial charge is 0.396 e. The van der Waals surface area contributed by atoms with Gasteiger partial charge in [-0.2, -0.15) is 4.52 Å². The molecule has 128 valence electrons. The van der Waals surface area contributed by atoms with Gasteiger partial charge in [-0.3, -0.25) is 4.79 Å². The quantitative estimate of drug-likeness (QED) is 0.435. The van der Waals surface area contributed by atoms with E-state index >= 15 is 0 Å². The van der Waals surface area contributed by atoms with E-state index in [1.165, 1.54) is 4.52 Å². The highest BCUT2D eigenvalue weighted by Gasteiger charge is 2.16. The van der Waals surface area contributed by atoms with Crippen molar-refractivity contribution in [3.8, 4) is 0 Å². The van der Waals surface area contributed by atoms with Crippen LogP contribution in [0.4, 0.5) is 5.82 Å². The predicted molar refractivity (Wildman–Crippen MR) is 102 cm³/mol. The molecular formula is C18H18N4O2S. The fraction of sp³-hybridized carbons (Fsp3) is 0.278. The van der Waals surface area contributed by atoms with Crippen molar-refractivity contribution in [2.45, 2.75) is 20.3 Å². The first kappa shape index (κ1) is 16.0. The number of benzene rings is 1. The number of aliphatic hydroxyl groups excluding tert-OH is 1. The molecule has 0 atom stereocenters. The van der Waals surface area contributed by atoms with Crippen LogP contribution in [0.1, 0.15) is 16.9 Å². The summed E-state index contributed by atoms with van der Waals surface area (Å²) in [5, 5.41) is 19.2. The molecule has 6 nitrogen and oxygen atoms in total. The summed E-state index contributed by atoms with van der Waals surface area (Å²) in [7, 11) is 0. The van der Waals surface area contributed by atoms with E-state index in [1.807, 2.05) is 38.1 Å². The second-order valence-corrected chi connectivity index (χ2v) is 7.22. The van der Waals surface area contributed by atoms with Gasteiger partial charge in [0.15, 0.2) is 11.5 Å². The molecule has 1 aromatic carbocycles. The molecule has 3 aromatic heterocycles. The van der Waals surface area contributed by atoms with Crippen molar-refractivity contribution in [1.82, 2.24) is 14.6 Å². The Morgan fingerprint density at radius 1 is 1.24 bits per heavy atom. The Morgan fingerprint density at radius 2 is 2.00 bits per heavy atom. The Balaban J connectivity index is 2.09. The van der Waals surface area contributed by atoms with Crippen molar-refractivity contribution in [3.63, 3.8) is 0 Å². The summed E-state index contributed by atoms with van der Waals surface area (Å²) in [4.78, 5) is 19.6. The molecular weight excluding hydrogens is 336 g/mol. The number of fused-ring (bicyclic) bond motifs is 4. The lowest BCUT2D eigenvalue weighted by Gasteiger charge is -2.11. The van der Waals surface area contributed by atoms with Crippen molar-refractivity contribution in [2.24, 2.45) is 0 Å². The molecule has 0 fully saturated rings. The van der Waals surface area contributed by atoms with Crippen LogP contribution >= 0.6 is 11.3 Å². The van der Waals surface area contributed by atoms with Gasteiger partial charge >= 0.3 is 0 Å². The average Bonchev–Trinajstić information content (AvgIpc) is 2.90. The Bertz CT molecular complexity index is 1160. The van der Waals surface area contributed by atoms with E-state index in [0.29, 0.717) is 29.8 Å². The minimum atomic E-state index is -0.141. The Labute approximate surface area is 147 Å². The van der Waals surface area contributed by atoms with E-state index in [0.717, 1.165) is 26.0 Å². The maximum Gasteiger partial charge on any atom is 0.283 e. The van der Waals surface area contributed by atoms with Gasteiger partial charge in [0, 0.05) is 28.8 Å². The zero-order chi connectivity index (χ0) is 17.6. The van der Waals surface area contributed by atoms with Crippen LogP contribution in [0.25, 0.3) is 26.6 Å². The standard InChI is InChI=1S/C18H18N4O2S/c1-10-11(2)25-17-14(10)18(24)22-16(20-17)13-7-4-3-6-12(13)15(21-22)19-8-5-9-23/h3-4,6-7,23H,5,8-9H2,1-2H3,(H,19,21). The minimum Gasteiger partial charge on any atom is -0.396 e. The molecule has 4 aromatic rings. The van der Waals surface area contributed by atoms with Gasteiger partial charge in [-0.05, 0) is 25.8 Å². The summed E-state index contributed by atoms with van der Waals surface area (Å²) in [5.74, 6) is 0.629. The molecule has 0 bridgehead atoms. The van der Waals surface area contributed by atoms with Crippen molar-refractivity contribution in [3.05, 3.63) is 45.1 Å². The van der Waals surface area contributed by atoms with Crippen LogP contribution in [-0.2, 0) is 0 Å². The molecule has 0 saturated carbocycles. The lowest BCUT2D eigenvalue weighted by Crippen LogP contribution is -2.20. The zero-order valence-corrected chi connectivity index (χ0v) is 14.9. The molecule has 4 rings (SSSR count). The molecule has 0 aliphatic rings. The molecule has 7 heteroatoms. The van der Waals surface area contributed by atoms with E-state index in [9.17, 15) is 4.79 Å². The average molecular weight is 354 g/mol. The number of aryl methyl sites for hydroxylation is 2. The van der Waals surface area contributed by atoms with Gasteiger partial charge in [0.1, 0.15) is 4.83 Å². The minimum absolute atomic E-state index is 0.105. The lowest BCUT2D eigenvalue weighted by molar-refractivity contribution is 0.292. The fourth-order valence-corrected chi connectivity index (χ4v) is 4.03. The first-order valence-electron chi connectivity index (χ1n) is 8.18. The molecule has 0 amide bonds. The van der Waals surface area contributed by atoms with Crippen LogP contribution in [0.3, 0.4) is 0 Å². The monoisotopic (exact) mass is 354 g/mol. The van der Waals surface area contributed by atoms with Crippen molar-refractivity contribution < 1.29 is 5.11 Å². The predicted octanol–water partition coefficient (Wildman–Crippen LogP) is 2.87.